The van der Waals surface area contributed by atoms with Crippen LogP contribution in [0, 0.1) is 6.92 Å². The van der Waals surface area contributed by atoms with Gasteiger partial charge >= 0.3 is 0 Å². The zero-order chi connectivity index (χ0) is 24.1. The van der Waals surface area contributed by atoms with E-state index in [9.17, 15) is 0 Å². The minimum Gasteiger partial charge on any atom is -0.491 e. The van der Waals surface area contributed by atoms with Crippen LogP contribution in [0.15, 0.2) is 91.5 Å². The molecule has 1 aromatic heterocycles. The van der Waals surface area contributed by atoms with Crippen molar-refractivity contribution in [1.82, 2.24) is 9.55 Å². The third-order valence-electron chi connectivity index (χ3n) is 6.28. The van der Waals surface area contributed by atoms with Gasteiger partial charge in [-0.2, -0.15) is 0 Å². The molecule has 3 aromatic carbocycles. The summed E-state index contributed by atoms with van der Waals surface area (Å²) in [7, 11) is 0. The Kier molecular flexibility index (Phi) is 7.19. The van der Waals surface area contributed by atoms with E-state index in [1.54, 1.807) is 12.5 Å². The average molecular weight is 489 g/mol. The predicted molar refractivity (Wildman–Crippen MR) is 138 cm³/mol. The summed E-state index contributed by atoms with van der Waals surface area (Å²) >= 11 is 6.04. The summed E-state index contributed by atoms with van der Waals surface area (Å²) in [6.07, 6.45) is 6.87. The number of rotatable bonds is 9. The maximum atomic E-state index is 6.47. The van der Waals surface area contributed by atoms with Gasteiger partial charge in [0.05, 0.1) is 19.5 Å². The summed E-state index contributed by atoms with van der Waals surface area (Å²) in [5, 5.41) is 0.736. The first-order chi connectivity index (χ1) is 17.1. The zero-order valence-corrected chi connectivity index (χ0v) is 20.5. The average Bonchev–Trinajstić information content (AvgIpc) is 3.54. The second kappa shape index (κ2) is 10.6. The van der Waals surface area contributed by atoms with E-state index in [0.717, 1.165) is 17.2 Å². The molecule has 0 amide bonds. The van der Waals surface area contributed by atoms with Crippen molar-refractivity contribution in [3.63, 3.8) is 0 Å². The SMILES string of the molecule is Cc1ccc(-c2ccc(OCC3COC(CCc4ccc(Cl)cc4)(Cn4ccnc4)O3)cc2)cc1. The quantitative estimate of drug-likeness (QED) is 0.276. The van der Waals surface area contributed by atoms with E-state index in [4.69, 9.17) is 25.8 Å². The van der Waals surface area contributed by atoms with E-state index in [2.05, 4.69) is 48.3 Å². The van der Waals surface area contributed by atoms with Gasteiger partial charge in [-0.15, -0.1) is 0 Å². The van der Waals surface area contributed by atoms with Crippen LogP contribution in [0.5, 0.6) is 5.75 Å². The molecule has 35 heavy (non-hydrogen) atoms. The van der Waals surface area contributed by atoms with Crippen molar-refractivity contribution in [3.8, 4) is 16.9 Å². The molecule has 5 nitrogen and oxygen atoms in total. The van der Waals surface area contributed by atoms with Crippen LogP contribution in [0.3, 0.4) is 0 Å². The first kappa shape index (κ1) is 23.6. The van der Waals surface area contributed by atoms with Gasteiger partial charge in [-0.25, -0.2) is 4.98 Å². The van der Waals surface area contributed by atoms with Gasteiger partial charge < -0.3 is 18.8 Å². The standard InChI is InChI=1S/C29H29ClN2O3/c1-22-2-6-24(7-3-22)25-8-12-27(13-9-25)33-18-28-19-34-29(35-28,20-32-17-16-31-21-32)15-14-23-4-10-26(30)11-5-23/h2-13,16-17,21,28H,14-15,18-20H2,1H3. The Morgan fingerprint density at radius 3 is 2.40 bits per heavy atom. The summed E-state index contributed by atoms with van der Waals surface area (Å²) in [5.74, 6) is 0.0849. The maximum Gasteiger partial charge on any atom is 0.187 e. The highest BCUT2D eigenvalue weighted by atomic mass is 35.5. The molecule has 6 heteroatoms. The van der Waals surface area contributed by atoms with Crippen molar-refractivity contribution in [2.24, 2.45) is 0 Å². The molecule has 4 aromatic rings. The molecule has 2 heterocycles. The molecule has 1 fully saturated rings. The van der Waals surface area contributed by atoms with Crippen LogP contribution in [-0.4, -0.2) is 34.7 Å². The lowest BCUT2D eigenvalue weighted by Crippen LogP contribution is -2.37. The largest absolute Gasteiger partial charge is 0.491 e. The lowest BCUT2D eigenvalue weighted by molar-refractivity contribution is -0.184. The van der Waals surface area contributed by atoms with Gasteiger partial charge in [0.25, 0.3) is 0 Å². The third-order valence-corrected chi connectivity index (χ3v) is 6.53. The Morgan fingerprint density at radius 2 is 1.71 bits per heavy atom. The first-order valence-corrected chi connectivity index (χ1v) is 12.3. The highest BCUT2D eigenvalue weighted by Crippen LogP contribution is 2.32. The molecule has 180 valence electrons. The number of imidazole rings is 1. The Morgan fingerprint density at radius 1 is 1.00 bits per heavy atom. The minimum atomic E-state index is -0.732. The molecule has 2 atom stereocenters. The molecular weight excluding hydrogens is 460 g/mol. The molecule has 0 N–H and O–H groups in total. The van der Waals surface area contributed by atoms with Crippen molar-refractivity contribution in [3.05, 3.63) is 108 Å². The summed E-state index contributed by atoms with van der Waals surface area (Å²) < 4.78 is 20.8. The summed E-state index contributed by atoms with van der Waals surface area (Å²) in [4.78, 5) is 4.16. The fourth-order valence-corrected chi connectivity index (χ4v) is 4.44. The Bertz CT molecular complexity index is 1210. The van der Waals surface area contributed by atoms with E-state index < -0.39 is 5.79 Å². The van der Waals surface area contributed by atoms with Crippen molar-refractivity contribution in [2.45, 2.75) is 38.2 Å². The molecule has 2 unspecified atom stereocenters. The fraction of sp³-hybridized carbons (Fsp3) is 0.276. The summed E-state index contributed by atoms with van der Waals surface area (Å²) in [6.45, 7) is 3.58. The number of benzene rings is 3. The van der Waals surface area contributed by atoms with Gasteiger partial charge in [-0.3, -0.25) is 0 Å². The normalized spacial score (nSPS) is 19.7. The van der Waals surface area contributed by atoms with E-state index >= 15 is 0 Å². The summed E-state index contributed by atoms with van der Waals surface area (Å²) in [6, 6.07) is 24.6. The van der Waals surface area contributed by atoms with Crippen LogP contribution in [0.2, 0.25) is 5.02 Å². The Hall–Kier alpha value is -3.12. The van der Waals surface area contributed by atoms with Crippen molar-refractivity contribution in [1.29, 1.82) is 0 Å². The molecule has 0 spiro atoms. The molecule has 5 rings (SSSR count). The predicted octanol–water partition coefficient (Wildman–Crippen LogP) is 6.34. The fourth-order valence-electron chi connectivity index (χ4n) is 4.31. The van der Waals surface area contributed by atoms with E-state index in [0.29, 0.717) is 26.2 Å². The molecule has 0 saturated carbocycles. The van der Waals surface area contributed by atoms with E-state index in [1.807, 2.05) is 47.2 Å². The van der Waals surface area contributed by atoms with Crippen LogP contribution in [0.4, 0.5) is 0 Å². The van der Waals surface area contributed by atoms with Crippen molar-refractivity contribution >= 4 is 11.6 Å². The molecule has 0 bridgehead atoms. The number of halogens is 1. The van der Waals surface area contributed by atoms with E-state index in [-0.39, 0.29) is 6.10 Å². The highest BCUT2D eigenvalue weighted by Gasteiger charge is 2.42. The molecule has 1 aliphatic rings. The van der Waals surface area contributed by atoms with Gasteiger partial charge in [-0.1, -0.05) is 65.7 Å². The molecule has 0 radical (unpaired) electrons. The number of ether oxygens (including phenoxy) is 3. The second-order valence-electron chi connectivity index (χ2n) is 9.02. The van der Waals surface area contributed by atoms with Gasteiger partial charge in [-0.05, 0) is 54.3 Å². The molecule has 1 saturated heterocycles. The number of aromatic nitrogens is 2. The topological polar surface area (TPSA) is 45.5 Å². The molecular formula is C29H29ClN2O3. The van der Waals surface area contributed by atoms with Gasteiger partial charge in [0.1, 0.15) is 18.5 Å². The molecule has 1 aliphatic heterocycles. The van der Waals surface area contributed by atoms with Crippen LogP contribution >= 0.6 is 11.6 Å². The van der Waals surface area contributed by atoms with Gasteiger partial charge in [0.2, 0.25) is 0 Å². The lowest BCUT2D eigenvalue weighted by atomic mass is 10.0. The molecule has 0 aliphatic carbocycles. The Balaban J connectivity index is 1.20. The minimum absolute atomic E-state index is 0.152. The number of hydrogen-bond donors (Lipinski definition) is 0. The Labute approximate surface area is 211 Å². The monoisotopic (exact) mass is 488 g/mol. The van der Waals surface area contributed by atoms with Crippen LogP contribution in [0.1, 0.15) is 17.5 Å². The maximum absolute atomic E-state index is 6.47. The van der Waals surface area contributed by atoms with Crippen LogP contribution in [0.25, 0.3) is 11.1 Å². The van der Waals surface area contributed by atoms with Crippen LogP contribution < -0.4 is 4.74 Å². The van der Waals surface area contributed by atoms with E-state index in [1.165, 1.54) is 22.3 Å². The van der Waals surface area contributed by atoms with Crippen molar-refractivity contribution in [2.75, 3.05) is 13.2 Å². The lowest BCUT2D eigenvalue weighted by Gasteiger charge is -2.28. The van der Waals surface area contributed by atoms with Gasteiger partial charge in [0.15, 0.2) is 5.79 Å². The number of nitrogens with zero attached hydrogens (tertiary/aromatic N) is 2. The first-order valence-electron chi connectivity index (χ1n) is 11.9. The second-order valence-corrected chi connectivity index (χ2v) is 9.46. The smallest absolute Gasteiger partial charge is 0.187 e. The number of aryl methyl sites for hydroxylation is 2. The highest BCUT2D eigenvalue weighted by molar-refractivity contribution is 6.30. The van der Waals surface area contributed by atoms with Crippen LogP contribution in [-0.2, 0) is 22.4 Å². The zero-order valence-electron chi connectivity index (χ0n) is 19.8. The van der Waals surface area contributed by atoms with Crippen molar-refractivity contribution < 1.29 is 14.2 Å². The van der Waals surface area contributed by atoms with Gasteiger partial charge in [0, 0.05) is 23.8 Å². The number of hydrogen-bond acceptors (Lipinski definition) is 4. The third kappa shape index (κ3) is 6.12. The summed E-state index contributed by atoms with van der Waals surface area (Å²) in [5.41, 5.74) is 4.81.